The maximum atomic E-state index is 9.62. The lowest BCUT2D eigenvalue weighted by Gasteiger charge is -2.34. The van der Waals surface area contributed by atoms with E-state index in [1.165, 1.54) is 5.56 Å². The van der Waals surface area contributed by atoms with Gasteiger partial charge in [-0.2, -0.15) is 0 Å². The standard InChI is InChI=1S/C14H21NO2S/c1-9(16)10(2)18-13-8-17-12-7-5-4-6-11(12)14(13)15-3/h4-7,9-10,13-16H,8H2,1-3H3. The van der Waals surface area contributed by atoms with Crippen LogP contribution in [0.5, 0.6) is 5.75 Å². The number of nitrogens with one attached hydrogen (secondary N) is 1. The molecule has 0 saturated heterocycles. The zero-order chi connectivity index (χ0) is 13.1. The topological polar surface area (TPSA) is 41.5 Å². The molecule has 18 heavy (non-hydrogen) atoms. The second-order valence-corrected chi connectivity index (χ2v) is 6.36. The third-order valence-corrected chi connectivity index (χ3v) is 4.99. The van der Waals surface area contributed by atoms with Gasteiger partial charge in [-0.3, -0.25) is 0 Å². The van der Waals surface area contributed by atoms with Crippen molar-refractivity contribution < 1.29 is 9.84 Å². The van der Waals surface area contributed by atoms with E-state index in [9.17, 15) is 5.11 Å². The van der Waals surface area contributed by atoms with Gasteiger partial charge in [0, 0.05) is 10.8 Å². The third kappa shape index (κ3) is 2.82. The van der Waals surface area contributed by atoms with Crippen molar-refractivity contribution >= 4 is 11.8 Å². The summed E-state index contributed by atoms with van der Waals surface area (Å²) in [6, 6.07) is 8.44. The molecule has 0 radical (unpaired) electrons. The summed E-state index contributed by atoms with van der Waals surface area (Å²) in [6.45, 7) is 4.58. The number of fused-ring (bicyclic) bond motifs is 1. The number of para-hydroxylation sites is 1. The highest BCUT2D eigenvalue weighted by molar-refractivity contribution is 8.00. The molecule has 0 spiro atoms. The molecule has 1 aromatic rings. The molecule has 100 valence electrons. The fourth-order valence-electron chi connectivity index (χ4n) is 2.19. The molecule has 1 aromatic carbocycles. The zero-order valence-corrected chi connectivity index (χ0v) is 11.9. The number of aliphatic hydroxyl groups is 1. The summed E-state index contributed by atoms with van der Waals surface area (Å²) in [5.74, 6) is 0.971. The molecule has 1 aliphatic rings. The first kappa shape index (κ1) is 13.7. The molecule has 4 atom stereocenters. The lowest BCUT2D eigenvalue weighted by molar-refractivity contribution is 0.195. The second kappa shape index (κ2) is 5.95. The Morgan fingerprint density at radius 3 is 2.78 bits per heavy atom. The molecule has 1 aliphatic heterocycles. The Bertz CT molecular complexity index is 397. The number of ether oxygens (including phenoxy) is 1. The first-order valence-corrected chi connectivity index (χ1v) is 7.30. The zero-order valence-electron chi connectivity index (χ0n) is 11.1. The van der Waals surface area contributed by atoms with Gasteiger partial charge in [-0.05, 0) is 20.0 Å². The van der Waals surface area contributed by atoms with Gasteiger partial charge in [-0.25, -0.2) is 0 Å². The molecule has 4 unspecified atom stereocenters. The first-order valence-electron chi connectivity index (χ1n) is 6.36. The monoisotopic (exact) mass is 267 g/mol. The van der Waals surface area contributed by atoms with E-state index in [1.807, 2.05) is 32.2 Å². The van der Waals surface area contributed by atoms with Crippen molar-refractivity contribution in [3.05, 3.63) is 29.8 Å². The number of thioether (sulfide) groups is 1. The molecule has 0 fully saturated rings. The van der Waals surface area contributed by atoms with Gasteiger partial charge in [-0.1, -0.05) is 25.1 Å². The predicted octanol–water partition coefficient (Wildman–Crippen LogP) is 2.21. The normalized spacial score (nSPS) is 26.0. The van der Waals surface area contributed by atoms with E-state index in [2.05, 4.69) is 18.3 Å². The van der Waals surface area contributed by atoms with E-state index in [0.717, 1.165) is 5.75 Å². The van der Waals surface area contributed by atoms with Crippen LogP contribution in [0, 0.1) is 0 Å². The number of aliphatic hydroxyl groups excluding tert-OH is 1. The summed E-state index contributed by atoms with van der Waals surface area (Å²) >= 11 is 1.79. The quantitative estimate of drug-likeness (QED) is 0.877. The highest BCUT2D eigenvalue weighted by Gasteiger charge is 2.31. The van der Waals surface area contributed by atoms with Gasteiger partial charge in [0.15, 0.2) is 0 Å². The molecule has 4 heteroatoms. The average Bonchev–Trinajstić information content (AvgIpc) is 2.38. The van der Waals surface area contributed by atoms with Crippen LogP contribution in [0.4, 0.5) is 0 Å². The first-order chi connectivity index (χ1) is 8.63. The van der Waals surface area contributed by atoms with Crippen LogP contribution in [-0.4, -0.2) is 35.4 Å². The number of hydrogen-bond donors (Lipinski definition) is 2. The Morgan fingerprint density at radius 2 is 2.11 bits per heavy atom. The molecule has 2 N–H and O–H groups in total. The highest BCUT2D eigenvalue weighted by Crippen LogP contribution is 2.38. The van der Waals surface area contributed by atoms with Crippen molar-refractivity contribution in [2.24, 2.45) is 0 Å². The smallest absolute Gasteiger partial charge is 0.124 e. The molecule has 2 rings (SSSR count). The van der Waals surface area contributed by atoms with Gasteiger partial charge >= 0.3 is 0 Å². The molecule has 0 aromatic heterocycles. The Labute approximate surface area is 113 Å². The second-order valence-electron chi connectivity index (χ2n) is 4.74. The van der Waals surface area contributed by atoms with Crippen molar-refractivity contribution in [1.82, 2.24) is 5.32 Å². The summed E-state index contributed by atoms with van der Waals surface area (Å²) in [7, 11) is 1.98. The van der Waals surface area contributed by atoms with Gasteiger partial charge in [0.25, 0.3) is 0 Å². The van der Waals surface area contributed by atoms with Crippen molar-refractivity contribution in [1.29, 1.82) is 0 Å². The minimum absolute atomic E-state index is 0.208. The average molecular weight is 267 g/mol. The van der Waals surface area contributed by atoms with Crippen LogP contribution in [0.25, 0.3) is 0 Å². The maximum absolute atomic E-state index is 9.62. The van der Waals surface area contributed by atoms with Crippen LogP contribution < -0.4 is 10.1 Å². The fourth-order valence-corrected chi connectivity index (χ4v) is 3.55. The Hall–Kier alpha value is -0.710. The highest BCUT2D eigenvalue weighted by atomic mass is 32.2. The van der Waals surface area contributed by atoms with Crippen LogP contribution in [0.2, 0.25) is 0 Å². The SMILES string of the molecule is CNC1c2ccccc2OCC1SC(C)C(C)O. The van der Waals surface area contributed by atoms with Gasteiger partial charge in [0.2, 0.25) is 0 Å². The van der Waals surface area contributed by atoms with E-state index < -0.39 is 0 Å². The van der Waals surface area contributed by atoms with Gasteiger partial charge < -0.3 is 15.2 Å². The number of hydrogen-bond acceptors (Lipinski definition) is 4. The van der Waals surface area contributed by atoms with Crippen molar-refractivity contribution in [3.8, 4) is 5.75 Å². The summed E-state index contributed by atoms with van der Waals surface area (Å²) < 4.78 is 5.81. The molecular weight excluding hydrogens is 246 g/mol. The Morgan fingerprint density at radius 1 is 1.39 bits per heavy atom. The summed E-state index contributed by atoms with van der Waals surface area (Å²) in [5.41, 5.74) is 1.21. The van der Waals surface area contributed by atoms with E-state index in [4.69, 9.17) is 4.74 Å². The van der Waals surface area contributed by atoms with E-state index in [0.29, 0.717) is 11.9 Å². The van der Waals surface area contributed by atoms with Crippen molar-refractivity contribution in [2.45, 2.75) is 36.5 Å². The lowest BCUT2D eigenvalue weighted by atomic mass is 10.0. The molecule has 0 saturated carbocycles. The van der Waals surface area contributed by atoms with Gasteiger partial charge in [0.1, 0.15) is 12.4 Å². The molecule has 1 heterocycles. The van der Waals surface area contributed by atoms with E-state index >= 15 is 0 Å². The fraction of sp³-hybridized carbons (Fsp3) is 0.571. The molecule has 3 nitrogen and oxygen atoms in total. The summed E-state index contributed by atoms with van der Waals surface area (Å²) in [4.78, 5) is 0. The summed E-state index contributed by atoms with van der Waals surface area (Å²) in [5, 5.41) is 13.5. The van der Waals surface area contributed by atoms with Crippen molar-refractivity contribution in [3.63, 3.8) is 0 Å². The Balaban J connectivity index is 2.15. The van der Waals surface area contributed by atoms with Crippen molar-refractivity contribution in [2.75, 3.05) is 13.7 Å². The minimum atomic E-state index is -0.301. The van der Waals surface area contributed by atoms with Crippen LogP contribution in [-0.2, 0) is 0 Å². The molecular formula is C14H21NO2S. The lowest BCUT2D eigenvalue weighted by Crippen LogP contribution is -2.37. The summed E-state index contributed by atoms with van der Waals surface area (Å²) in [6.07, 6.45) is -0.301. The largest absolute Gasteiger partial charge is 0.492 e. The van der Waals surface area contributed by atoms with Crippen LogP contribution in [0.3, 0.4) is 0 Å². The minimum Gasteiger partial charge on any atom is -0.492 e. The van der Waals surface area contributed by atoms with Gasteiger partial charge in [0.05, 0.1) is 17.4 Å². The molecule has 0 amide bonds. The maximum Gasteiger partial charge on any atom is 0.124 e. The molecule has 0 aliphatic carbocycles. The predicted molar refractivity (Wildman–Crippen MR) is 76.3 cm³/mol. The Kier molecular flexibility index (Phi) is 4.54. The van der Waals surface area contributed by atoms with E-state index in [1.54, 1.807) is 11.8 Å². The number of benzene rings is 1. The van der Waals surface area contributed by atoms with E-state index in [-0.39, 0.29) is 17.4 Å². The van der Waals surface area contributed by atoms with Gasteiger partial charge in [-0.15, -0.1) is 11.8 Å². The van der Waals surface area contributed by atoms with Crippen LogP contribution >= 0.6 is 11.8 Å². The third-order valence-electron chi connectivity index (χ3n) is 3.41. The van der Waals surface area contributed by atoms with Crippen LogP contribution in [0.1, 0.15) is 25.5 Å². The molecule has 0 bridgehead atoms. The van der Waals surface area contributed by atoms with Crippen LogP contribution in [0.15, 0.2) is 24.3 Å². The number of rotatable bonds is 4.